The van der Waals surface area contributed by atoms with E-state index in [9.17, 15) is 9.59 Å². The van der Waals surface area contributed by atoms with Gasteiger partial charge in [-0.1, -0.05) is 17.7 Å². The van der Waals surface area contributed by atoms with Crippen molar-refractivity contribution < 1.29 is 14.3 Å². The molecule has 0 fully saturated rings. The maximum Gasteiger partial charge on any atom is 0.294 e. The van der Waals surface area contributed by atoms with Crippen LogP contribution in [0.4, 0.5) is 5.69 Å². The molecule has 16 heavy (non-hydrogen) atoms. The molecule has 0 bridgehead atoms. The Kier molecular flexibility index (Phi) is 2.39. The first-order valence-corrected chi connectivity index (χ1v) is 5.08. The number of ether oxygens (including phenoxy) is 1. The molecule has 0 aromatic heterocycles. The quantitative estimate of drug-likeness (QED) is 0.738. The van der Waals surface area contributed by atoms with Crippen molar-refractivity contribution in [1.82, 2.24) is 0 Å². The zero-order valence-electron chi connectivity index (χ0n) is 8.86. The lowest BCUT2D eigenvalue weighted by atomic mass is 9.98. The van der Waals surface area contributed by atoms with Crippen LogP contribution in [0.2, 0.25) is 5.02 Å². The molecular formula is C11H10ClNO3. The normalized spacial score (nSPS) is 23.2. The van der Waals surface area contributed by atoms with Gasteiger partial charge in [-0.3, -0.25) is 9.59 Å². The number of hydrogen-bond donors (Lipinski definition) is 0. The first-order valence-electron chi connectivity index (χ1n) is 4.70. The summed E-state index contributed by atoms with van der Waals surface area (Å²) in [7, 11) is 1.62. The van der Waals surface area contributed by atoms with Crippen LogP contribution in [0.3, 0.4) is 0 Å². The van der Waals surface area contributed by atoms with Crippen LogP contribution in [0, 0.1) is 0 Å². The van der Waals surface area contributed by atoms with E-state index in [1.54, 1.807) is 32.2 Å². The fraction of sp³-hybridized carbons (Fsp3) is 0.273. The van der Waals surface area contributed by atoms with Gasteiger partial charge in [0.15, 0.2) is 0 Å². The molecule has 0 radical (unpaired) electrons. The van der Waals surface area contributed by atoms with Crippen molar-refractivity contribution in [1.29, 1.82) is 0 Å². The molecule has 1 aromatic rings. The average Bonchev–Trinajstić information content (AvgIpc) is 2.42. The molecule has 0 saturated heterocycles. The maximum absolute atomic E-state index is 12.0. The van der Waals surface area contributed by atoms with Crippen LogP contribution in [0.15, 0.2) is 18.2 Å². The summed E-state index contributed by atoms with van der Waals surface area (Å²) in [5.41, 5.74) is 0.0783. The highest BCUT2D eigenvalue weighted by Crippen LogP contribution is 2.42. The van der Waals surface area contributed by atoms with Crippen molar-refractivity contribution in [3.05, 3.63) is 28.8 Å². The van der Waals surface area contributed by atoms with Crippen molar-refractivity contribution in [2.24, 2.45) is 0 Å². The minimum Gasteiger partial charge on any atom is -0.446 e. The van der Waals surface area contributed by atoms with Gasteiger partial charge in [-0.2, -0.15) is 0 Å². The number of carbonyl (C=O) groups is 2. The summed E-state index contributed by atoms with van der Waals surface area (Å²) in [5.74, 6) is -0.281. The Morgan fingerprint density at radius 3 is 2.81 bits per heavy atom. The van der Waals surface area contributed by atoms with Crippen LogP contribution >= 0.6 is 11.6 Å². The van der Waals surface area contributed by atoms with Crippen molar-refractivity contribution >= 4 is 29.7 Å². The minimum atomic E-state index is -1.24. The molecule has 0 N–H and O–H groups in total. The number of hydrogen-bond acceptors (Lipinski definition) is 3. The van der Waals surface area contributed by atoms with E-state index < -0.39 is 5.60 Å². The zero-order chi connectivity index (χ0) is 11.9. The lowest BCUT2D eigenvalue weighted by Crippen LogP contribution is -2.38. The van der Waals surface area contributed by atoms with Gasteiger partial charge < -0.3 is 9.64 Å². The van der Waals surface area contributed by atoms with E-state index >= 15 is 0 Å². The predicted octanol–water partition coefficient (Wildman–Crippen LogP) is 1.70. The molecule has 0 saturated carbocycles. The number of fused-ring (bicyclic) bond motifs is 1. The molecule has 4 nitrogen and oxygen atoms in total. The Morgan fingerprint density at radius 2 is 2.19 bits per heavy atom. The molecule has 1 heterocycles. The highest BCUT2D eigenvalue weighted by atomic mass is 35.5. The molecule has 5 heteroatoms. The largest absolute Gasteiger partial charge is 0.446 e. The standard InChI is InChI=1S/C11H10ClNO3/c1-11(16-6-14)8-4-3-7(12)5-9(8)13(2)10(11)15/h3-6H,1-2H3/t11-/m0/s1. The van der Waals surface area contributed by atoms with Crippen molar-refractivity contribution in [2.75, 3.05) is 11.9 Å². The SMILES string of the molecule is CN1C(=O)[C@@](C)(OC=O)c2ccc(Cl)cc21. The van der Waals surface area contributed by atoms with Gasteiger partial charge in [0, 0.05) is 17.6 Å². The van der Waals surface area contributed by atoms with E-state index in [4.69, 9.17) is 16.3 Å². The van der Waals surface area contributed by atoms with Crippen LogP contribution in [-0.4, -0.2) is 19.4 Å². The van der Waals surface area contributed by atoms with E-state index in [0.29, 0.717) is 16.3 Å². The number of carbonyl (C=O) groups excluding carboxylic acids is 2. The highest BCUT2D eigenvalue weighted by molar-refractivity contribution is 6.31. The lowest BCUT2D eigenvalue weighted by molar-refractivity contribution is -0.154. The Hall–Kier alpha value is -1.55. The van der Waals surface area contributed by atoms with Crippen LogP contribution in [-0.2, 0) is 19.9 Å². The fourth-order valence-electron chi connectivity index (χ4n) is 1.94. The molecule has 0 spiro atoms. The van der Waals surface area contributed by atoms with Crippen molar-refractivity contribution in [3.63, 3.8) is 0 Å². The summed E-state index contributed by atoms with van der Waals surface area (Å²) < 4.78 is 4.92. The van der Waals surface area contributed by atoms with Gasteiger partial charge in [-0.05, 0) is 19.1 Å². The summed E-state index contributed by atoms with van der Waals surface area (Å²) in [4.78, 5) is 23.9. The second kappa shape index (κ2) is 3.49. The third-order valence-corrected chi connectivity index (χ3v) is 3.07. The fourth-order valence-corrected chi connectivity index (χ4v) is 2.11. The topological polar surface area (TPSA) is 46.6 Å². The minimum absolute atomic E-state index is 0.281. The van der Waals surface area contributed by atoms with E-state index in [1.165, 1.54) is 4.90 Å². The Bertz CT molecular complexity index is 474. The van der Waals surface area contributed by atoms with Crippen LogP contribution in [0.5, 0.6) is 0 Å². The second-order valence-corrected chi connectivity index (χ2v) is 4.21. The van der Waals surface area contributed by atoms with Gasteiger partial charge in [0.2, 0.25) is 5.60 Å². The van der Waals surface area contributed by atoms with E-state index in [1.807, 2.05) is 0 Å². The van der Waals surface area contributed by atoms with E-state index in [-0.39, 0.29) is 12.4 Å². The van der Waals surface area contributed by atoms with Crippen LogP contribution in [0.1, 0.15) is 12.5 Å². The molecule has 1 aliphatic rings. The number of likely N-dealkylation sites (N-methyl/N-ethyl adjacent to an activating group) is 1. The first-order chi connectivity index (χ1) is 7.50. The summed E-state index contributed by atoms with van der Waals surface area (Å²) in [6.07, 6.45) is 0. The molecular weight excluding hydrogens is 230 g/mol. The van der Waals surface area contributed by atoms with Crippen molar-refractivity contribution in [3.8, 4) is 0 Å². The van der Waals surface area contributed by atoms with E-state index in [2.05, 4.69) is 0 Å². The molecule has 0 aliphatic carbocycles. The van der Waals surface area contributed by atoms with Gasteiger partial charge in [0.25, 0.3) is 12.4 Å². The molecule has 1 aliphatic heterocycles. The maximum atomic E-state index is 12.0. The summed E-state index contributed by atoms with van der Waals surface area (Å²) in [5, 5.41) is 0.536. The van der Waals surface area contributed by atoms with Gasteiger partial charge in [0.1, 0.15) is 0 Å². The van der Waals surface area contributed by atoms with Gasteiger partial charge in [-0.25, -0.2) is 0 Å². The highest BCUT2D eigenvalue weighted by Gasteiger charge is 2.48. The summed E-state index contributed by atoms with van der Waals surface area (Å²) in [6.45, 7) is 1.86. The number of anilines is 1. The molecule has 1 atom stereocenters. The number of nitrogens with zero attached hydrogens (tertiary/aromatic N) is 1. The molecule has 84 valence electrons. The monoisotopic (exact) mass is 239 g/mol. The molecule has 0 unspecified atom stereocenters. The predicted molar refractivity (Wildman–Crippen MR) is 59.4 cm³/mol. The summed E-state index contributed by atoms with van der Waals surface area (Å²) in [6, 6.07) is 5.04. The molecule has 2 rings (SSSR count). The Labute approximate surface area is 97.7 Å². The van der Waals surface area contributed by atoms with Crippen LogP contribution < -0.4 is 4.90 Å². The van der Waals surface area contributed by atoms with Gasteiger partial charge in [0.05, 0.1) is 5.69 Å². The molecule has 1 aromatic carbocycles. The number of amides is 1. The van der Waals surface area contributed by atoms with Gasteiger partial charge >= 0.3 is 0 Å². The molecule has 1 amide bonds. The smallest absolute Gasteiger partial charge is 0.294 e. The van der Waals surface area contributed by atoms with Gasteiger partial charge in [-0.15, -0.1) is 0 Å². The Morgan fingerprint density at radius 1 is 1.50 bits per heavy atom. The average molecular weight is 240 g/mol. The zero-order valence-corrected chi connectivity index (χ0v) is 9.62. The lowest BCUT2D eigenvalue weighted by Gasteiger charge is -2.20. The van der Waals surface area contributed by atoms with Crippen LogP contribution in [0.25, 0.3) is 0 Å². The number of benzene rings is 1. The third kappa shape index (κ3) is 1.30. The second-order valence-electron chi connectivity index (χ2n) is 3.77. The summed E-state index contributed by atoms with van der Waals surface area (Å²) >= 11 is 5.86. The first kappa shape index (κ1) is 11.0. The van der Waals surface area contributed by atoms with E-state index in [0.717, 1.165) is 0 Å². The van der Waals surface area contributed by atoms with Crippen molar-refractivity contribution in [2.45, 2.75) is 12.5 Å². The third-order valence-electron chi connectivity index (χ3n) is 2.83. The number of rotatable bonds is 2. The Balaban J connectivity index is 2.62. The number of halogens is 1.